The second-order valence-electron chi connectivity index (χ2n) is 4.38. The molecule has 6 heteroatoms. The molecular formula is C15H11BrClN3O. The highest BCUT2D eigenvalue weighted by Crippen LogP contribution is 2.19. The summed E-state index contributed by atoms with van der Waals surface area (Å²) in [6, 6.07) is 15.2. The number of aromatic nitrogens is 2. The lowest BCUT2D eigenvalue weighted by molar-refractivity contribution is 0.384. The third-order valence-corrected chi connectivity index (χ3v) is 3.64. The maximum atomic E-state index is 5.84. The Morgan fingerprint density at radius 3 is 2.48 bits per heavy atom. The fourth-order valence-electron chi connectivity index (χ4n) is 1.79. The molecule has 1 heterocycles. The summed E-state index contributed by atoms with van der Waals surface area (Å²) in [5, 5.41) is 7.88. The molecule has 0 fully saturated rings. The Hall–Kier alpha value is -1.85. The van der Waals surface area contributed by atoms with Gasteiger partial charge >= 0.3 is 0 Å². The minimum Gasteiger partial charge on any atom is -0.376 e. The van der Waals surface area contributed by atoms with Crippen LogP contribution in [0.3, 0.4) is 0 Å². The van der Waals surface area contributed by atoms with Crippen LogP contribution in [0.25, 0.3) is 11.4 Å². The van der Waals surface area contributed by atoms with E-state index in [4.69, 9.17) is 16.1 Å². The fourth-order valence-corrected chi connectivity index (χ4v) is 2.18. The first-order valence-corrected chi connectivity index (χ1v) is 7.46. The lowest BCUT2D eigenvalue weighted by atomic mass is 10.2. The fraction of sp³-hybridized carbons (Fsp3) is 0.0667. The monoisotopic (exact) mass is 363 g/mol. The van der Waals surface area contributed by atoms with Crippen molar-refractivity contribution in [2.45, 2.75) is 6.54 Å². The van der Waals surface area contributed by atoms with Crippen LogP contribution >= 0.6 is 27.5 Å². The Bertz CT molecular complexity index is 725. The van der Waals surface area contributed by atoms with E-state index in [2.05, 4.69) is 31.4 Å². The summed E-state index contributed by atoms with van der Waals surface area (Å²) < 4.78 is 6.25. The van der Waals surface area contributed by atoms with Crippen molar-refractivity contribution in [2.75, 3.05) is 5.32 Å². The molecule has 0 aliphatic heterocycles. The van der Waals surface area contributed by atoms with Crippen LogP contribution in [0.15, 0.2) is 57.5 Å². The van der Waals surface area contributed by atoms with Crippen molar-refractivity contribution in [3.63, 3.8) is 0 Å². The number of halogens is 2. The zero-order chi connectivity index (χ0) is 14.7. The molecular weight excluding hydrogens is 354 g/mol. The molecule has 0 aliphatic carbocycles. The number of benzene rings is 2. The normalized spacial score (nSPS) is 10.6. The van der Waals surface area contributed by atoms with Crippen LogP contribution in [0.5, 0.6) is 0 Å². The number of nitrogens with zero attached hydrogens (tertiary/aromatic N) is 2. The van der Waals surface area contributed by atoms with Crippen molar-refractivity contribution < 1.29 is 4.52 Å². The molecule has 21 heavy (non-hydrogen) atoms. The lowest BCUT2D eigenvalue weighted by Crippen LogP contribution is -1.99. The standard InChI is InChI=1S/C15H11BrClN3O/c16-11-3-1-10(2-4-11)15-19-14(21-20-15)9-18-13-7-5-12(17)6-8-13/h1-8,18H,9H2. The molecule has 0 atom stereocenters. The van der Waals surface area contributed by atoms with Crippen molar-refractivity contribution in [3.05, 3.63) is 63.9 Å². The third kappa shape index (κ3) is 3.62. The number of nitrogens with one attached hydrogen (secondary N) is 1. The first-order valence-electron chi connectivity index (χ1n) is 6.29. The smallest absolute Gasteiger partial charge is 0.246 e. The van der Waals surface area contributed by atoms with Gasteiger partial charge in [0, 0.05) is 20.7 Å². The maximum Gasteiger partial charge on any atom is 0.246 e. The summed E-state index contributed by atoms with van der Waals surface area (Å²) in [6.07, 6.45) is 0. The van der Waals surface area contributed by atoms with Crippen LogP contribution < -0.4 is 5.32 Å². The number of hydrogen-bond donors (Lipinski definition) is 1. The quantitative estimate of drug-likeness (QED) is 0.725. The Morgan fingerprint density at radius 2 is 1.76 bits per heavy atom. The predicted molar refractivity (Wildman–Crippen MR) is 86.2 cm³/mol. The predicted octanol–water partition coefficient (Wildman–Crippen LogP) is 4.76. The molecule has 3 aromatic rings. The van der Waals surface area contributed by atoms with Gasteiger partial charge in [-0.15, -0.1) is 0 Å². The number of rotatable bonds is 4. The van der Waals surface area contributed by atoms with Gasteiger partial charge in [0.15, 0.2) is 0 Å². The van der Waals surface area contributed by atoms with E-state index in [9.17, 15) is 0 Å². The number of anilines is 1. The van der Waals surface area contributed by atoms with Gasteiger partial charge in [0.05, 0.1) is 6.54 Å². The minimum atomic E-state index is 0.463. The summed E-state index contributed by atoms with van der Waals surface area (Å²) in [5.41, 5.74) is 1.86. The molecule has 0 saturated heterocycles. The van der Waals surface area contributed by atoms with Crippen molar-refractivity contribution in [3.8, 4) is 11.4 Å². The second kappa shape index (κ2) is 6.28. The zero-order valence-electron chi connectivity index (χ0n) is 10.9. The van der Waals surface area contributed by atoms with Crippen molar-refractivity contribution in [1.29, 1.82) is 0 Å². The molecule has 1 aromatic heterocycles. The van der Waals surface area contributed by atoms with Crippen LogP contribution in [-0.2, 0) is 6.54 Å². The Kier molecular flexibility index (Phi) is 4.22. The van der Waals surface area contributed by atoms with Gasteiger partial charge < -0.3 is 9.84 Å². The Morgan fingerprint density at radius 1 is 1.05 bits per heavy atom. The first kappa shape index (κ1) is 14.1. The van der Waals surface area contributed by atoms with E-state index in [-0.39, 0.29) is 0 Å². The maximum absolute atomic E-state index is 5.84. The Balaban J connectivity index is 1.67. The molecule has 0 bridgehead atoms. The zero-order valence-corrected chi connectivity index (χ0v) is 13.2. The van der Waals surface area contributed by atoms with E-state index >= 15 is 0 Å². The molecule has 0 spiro atoms. The molecule has 0 amide bonds. The topological polar surface area (TPSA) is 51.0 Å². The van der Waals surface area contributed by atoms with Crippen LogP contribution in [-0.4, -0.2) is 10.1 Å². The molecule has 0 unspecified atom stereocenters. The number of hydrogen-bond acceptors (Lipinski definition) is 4. The largest absolute Gasteiger partial charge is 0.376 e. The summed E-state index contributed by atoms with van der Waals surface area (Å²) in [7, 11) is 0. The van der Waals surface area contributed by atoms with Crippen LogP contribution in [0.4, 0.5) is 5.69 Å². The van der Waals surface area contributed by atoms with Crippen molar-refractivity contribution in [1.82, 2.24) is 10.1 Å². The highest BCUT2D eigenvalue weighted by atomic mass is 79.9. The highest BCUT2D eigenvalue weighted by molar-refractivity contribution is 9.10. The molecule has 3 rings (SSSR count). The molecule has 0 aliphatic rings. The third-order valence-electron chi connectivity index (χ3n) is 2.86. The van der Waals surface area contributed by atoms with E-state index in [1.807, 2.05) is 48.5 Å². The minimum absolute atomic E-state index is 0.463. The van der Waals surface area contributed by atoms with Gasteiger partial charge in [0.2, 0.25) is 11.7 Å². The average molecular weight is 365 g/mol. The van der Waals surface area contributed by atoms with Crippen molar-refractivity contribution >= 4 is 33.2 Å². The second-order valence-corrected chi connectivity index (χ2v) is 5.73. The molecule has 1 N–H and O–H groups in total. The van der Waals surface area contributed by atoms with E-state index in [0.717, 1.165) is 15.7 Å². The van der Waals surface area contributed by atoms with Crippen LogP contribution in [0.1, 0.15) is 5.89 Å². The Labute approximate surface area is 135 Å². The van der Waals surface area contributed by atoms with Gasteiger partial charge in [-0.05, 0) is 48.5 Å². The summed E-state index contributed by atoms with van der Waals surface area (Å²) in [6.45, 7) is 0.463. The van der Waals surface area contributed by atoms with Crippen LogP contribution in [0.2, 0.25) is 5.02 Å². The van der Waals surface area contributed by atoms with E-state index in [1.54, 1.807) is 0 Å². The molecule has 4 nitrogen and oxygen atoms in total. The molecule has 2 aromatic carbocycles. The van der Waals surface area contributed by atoms with Gasteiger partial charge in [0.1, 0.15) is 0 Å². The molecule has 106 valence electrons. The molecule has 0 saturated carbocycles. The van der Waals surface area contributed by atoms with Gasteiger partial charge in [0.25, 0.3) is 0 Å². The molecule has 0 radical (unpaired) electrons. The van der Waals surface area contributed by atoms with E-state index < -0.39 is 0 Å². The van der Waals surface area contributed by atoms with E-state index in [0.29, 0.717) is 23.3 Å². The lowest BCUT2D eigenvalue weighted by Gasteiger charge is -2.02. The van der Waals surface area contributed by atoms with E-state index in [1.165, 1.54) is 0 Å². The van der Waals surface area contributed by atoms with Gasteiger partial charge in [-0.25, -0.2) is 0 Å². The summed E-state index contributed by atoms with van der Waals surface area (Å²) >= 11 is 9.23. The van der Waals surface area contributed by atoms with Crippen LogP contribution in [0, 0.1) is 0 Å². The SMILES string of the molecule is Clc1ccc(NCc2nc(-c3ccc(Br)cc3)no2)cc1. The van der Waals surface area contributed by atoms with Gasteiger partial charge in [-0.3, -0.25) is 0 Å². The van der Waals surface area contributed by atoms with Gasteiger partial charge in [-0.2, -0.15) is 4.98 Å². The van der Waals surface area contributed by atoms with Gasteiger partial charge in [-0.1, -0.05) is 32.7 Å². The summed E-state index contributed by atoms with van der Waals surface area (Å²) in [4.78, 5) is 4.36. The first-order chi connectivity index (χ1) is 10.2. The highest BCUT2D eigenvalue weighted by Gasteiger charge is 2.08. The van der Waals surface area contributed by atoms with Crippen molar-refractivity contribution in [2.24, 2.45) is 0 Å². The average Bonchev–Trinajstić information content (AvgIpc) is 2.96. The summed E-state index contributed by atoms with van der Waals surface area (Å²) in [5.74, 6) is 1.11.